The van der Waals surface area contributed by atoms with Gasteiger partial charge in [-0.05, 0) is 31.0 Å². The molecule has 1 saturated carbocycles. The molecule has 0 N–H and O–H groups in total. The molecule has 18 heavy (non-hydrogen) atoms. The Labute approximate surface area is 103 Å². The van der Waals surface area contributed by atoms with E-state index < -0.39 is 5.54 Å². The van der Waals surface area contributed by atoms with Gasteiger partial charge in [0.2, 0.25) is 6.08 Å². The highest BCUT2D eigenvalue weighted by atomic mass is 19.1. The molecule has 0 saturated heterocycles. The van der Waals surface area contributed by atoms with Crippen LogP contribution in [-0.4, -0.2) is 6.08 Å². The molecule has 1 aromatic carbocycles. The molecule has 1 aliphatic carbocycles. The SMILES string of the molecule is O=C=NC1(c2cc(F)cc3ccoc23)CCCC1. The molecule has 2 aromatic rings. The molecular weight excluding hydrogens is 233 g/mol. The first-order valence-corrected chi connectivity index (χ1v) is 6.01. The highest BCUT2D eigenvalue weighted by molar-refractivity contribution is 5.81. The van der Waals surface area contributed by atoms with Crippen molar-refractivity contribution in [3.63, 3.8) is 0 Å². The van der Waals surface area contributed by atoms with Crippen molar-refractivity contribution in [2.75, 3.05) is 0 Å². The molecule has 3 rings (SSSR count). The second-order valence-corrected chi connectivity index (χ2v) is 4.73. The van der Waals surface area contributed by atoms with Gasteiger partial charge in [0, 0.05) is 10.9 Å². The van der Waals surface area contributed by atoms with Crippen LogP contribution >= 0.6 is 0 Å². The van der Waals surface area contributed by atoms with Crippen LogP contribution in [0, 0.1) is 5.82 Å². The molecule has 1 aromatic heterocycles. The third-order valence-corrected chi connectivity index (χ3v) is 3.71. The Hall–Kier alpha value is -1.93. The third kappa shape index (κ3) is 1.57. The average molecular weight is 245 g/mol. The molecule has 0 atom stereocenters. The normalized spacial score (nSPS) is 17.8. The fourth-order valence-electron chi connectivity index (χ4n) is 2.88. The summed E-state index contributed by atoms with van der Waals surface area (Å²) in [5.74, 6) is -0.328. The van der Waals surface area contributed by atoms with Crippen molar-refractivity contribution < 1.29 is 13.6 Å². The Morgan fingerprint density at radius 3 is 2.83 bits per heavy atom. The number of halogens is 1. The Morgan fingerprint density at radius 2 is 2.11 bits per heavy atom. The summed E-state index contributed by atoms with van der Waals surface area (Å²) in [6, 6.07) is 4.57. The van der Waals surface area contributed by atoms with E-state index in [1.54, 1.807) is 12.1 Å². The van der Waals surface area contributed by atoms with Crippen molar-refractivity contribution in [3.05, 3.63) is 35.8 Å². The highest BCUT2D eigenvalue weighted by Gasteiger charge is 2.38. The second-order valence-electron chi connectivity index (χ2n) is 4.73. The minimum Gasteiger partial charge on any atom is -0.464 e. The van der Waals surface area contributed by atoms with Gasteiger partial charge in [0.15, 0.2) is 0 Å². The Balaban J connectivity index is 2.29. The first-order chi connectivity index (χ1) is 8.75. The molecule has 0 amide bonds. The fourth-order valence-corrected chi connectivity index (χ4v) is 2.88. The summed E-state index contributed by atoms with van der Waals surface area (Å²) in [5, 5.41) is 0.706. The van der Waals surface area contributed by atoms with E-state index in [4.69, 9.17) is 4.42 Å². The van der Waals surface area contributed by atoms with Crippen LogP contribution in [0.5, 0.6) is 0 Å². The van der Waals surface area contributed by atoms with Crippen LogP contribution in [-0.2, 0) is 10.3 Å². The molecule has 1 heterocycles. The van der Waals surface area contributed by atoms with E-state index in [1.807, 2.05) is 0 Å². The van der Waals surface area contributed by atoms with Crippen LogP contribution in [0.1, 0.15) is 31.2 Å². The van der Waals surface area contributed by atoms with Crippen molar-refractivity contribution >= 4 is 17.0 Å². The number of carbonyl (C=O) groups excluding carboxylic acids is 1. The van der Waals surface area contributed by atoms with Gasteiger partial charge in [-0.2, -0.15) is 4.99 Å². The summed E-state index contributed by atoms with van der Waals surface area (Å²) >= 11 is 0. The van der Waals surface area contributed by atoms with E-state index in [0.29, 0.717) is 16.5 Å². The molecule has 0 radical (unpaired) electrons. The average Bonchev–Trinajstić information content (AvgIpc) is 2.97. The lowest BCUT2D eigenvalue weighted by Crippen LogP contribution is -2.19. The second kappa shape index (κ2) is 4.07. The number of hydrogen-bond donors (Lipinski definition) is 0. The smallest absolute Gasteiger partial charge is 0.235 e. The van der Waals surface area contributed by atoms with Crippen LogP contribution < -0.4 is 0 Å². The minimum atomic E-state index is -0.653. The molecular formula is C14H12FNO2. The maximum absolute atomic E-state index is 13.7. The fraction of sp³-hybridized carbons (Fsp3) is 0.357. The Morgan fingerprint density at radius 1 is 1.33 bits per heavy atom. The zero-order valence-electron chi connectivity index (χ0n) is 9.78. The number of hydrogen-bond acceptors (Lipinski definition) is 3. The number of benzene rings is 1. The van der Waals surface area contributed by atoms with Crippen molar-refractivity contribution in [1.29, 1.82) is 0 Å². The van der Waals surface area contributed by atoms with Crippen LogP contribution in [0.3, 0.4) is 0 Å². The molecule has 0 aliphatic heterocycles. The van der Waals surface area contributed by atoms with Gasteiger partial charge in [-0.25, -0.2) is 9.18 Å². The molecule has 3 nitrogen and oxygen atoms in total. The van der Waals surface area contributed by atoms with E-state index in [2.05, 4.69) is 4.99 Å². The van der Waals surface area contributed by atoms with Crippen LogP contribution in [0.15, 0.2) is 33.9 Å². The Kier molecular flexibility index (Phi) is 2.53. The topological polar surface area (TPSA) is 42.6 Å². The number of nitrogens with zero attached hydrogens (tertiary/aromatic N) is 1. The zero-order chi connectivity index (χ0) is 12.6. The van der Waals surface area contributed by atoms with Gasteiger partial charge in [0.05, 0.1) is 6.26 Å². The van der Waals surface area contributed by atoms with Crippen LogP contribution in [0.4, 0.5) is 4.39 Å². The van der Waals surface area contributed by atoms with E-state index >= 15 is 0 Å². The summed E-state index contributed by atoms with van der Waals surface area (Å²) in [6.07, 6.45) is 6.59. The van der Waals surface area contributed by atoms with Gasteiger partial charge in [-0.3, -0.25) is 0 Å². The van der Waals surface area contributed by atoms with Crippen molar-refractivity contribution in [2.45, 2.75) is 31.2 Å². The summed E-state index contributed by atoms with van der Waals surface area (Å²) in [6.45, 7) is 0. The first-order valence-electron chi connectivity index (χ1n) is 6.01. The lowest BCUT2D eigenvalue weighted by molar-refractivity contribution is 0.448. The minimum absolute atomic E-state index is 0.328. The standard InChI is InChI=1S/C14H12FNO2/c15-11-7-10-3-6-18-13(10)12(8-11)14(16-9-17)4-1-2-5-14/h3,6-8H,1-2,4-5H2. The number of furan rings is 1. The first kappa shape index (κ1) is 11.2. The molecule has 4 heteroatoms. The van der Waals surface area contributed by atoms with E-state index in [0.717, 1.165) is 25.7 Å². The predicted molar refractivity (Wildman–Crippen MR) is 64.4 cm³/mol. The highest BCUT2D eigenvalue weighted by Crippen LogP contribution is 2.45. The number of rotatable bonds is 2. The van der Waals surface area contributed by atoms with Gasteiger partial charge in [0.1, 0.15) is 16.9 Å². The Bertz CT molecular complexity index is 634. The van der Waals surface area contributed by atoms with Crippen molar-refractivity contribution in [1.82, 2.24) is 0 Å². The van der Waals surface area contributed by atoms with E-state index in [9.17, 15) is 9.18 Å². The molecule has 1 fully saturated rings. The maximum Gasteiger partial charge on any atom is 0.235 e. The van der Waals surface area contributed by atoms with Crippen LogP contribution in [0.25, 0.3) is 11.0 Å². The number of isocyanates is 1. The largest absolute Gasteiger partial charge is 0.464 e. The molecule has 1 aliphatic rings. The lowest BCUT2D eigenvalue weighted by Gasteiger charge is -2.22. The molecule has 92 valence electrons. The van der Waals surface area contributed by atoms with Gasteiger partial charge in [0.25, 0.3) is 0 Å². The maximum atomic E-state index is 13.7. The summed E-state index contributed by atoms with van der Waals surface area (Å²) in [5.41, 5.74) is 0.639. The number of fused-ring (bicyclic) bond motifs is 1. The van der Waals surface area contributed by atoms with Crippen molar-refractivity contribution in [3.8, 4) is 0 Å². The summed E-state index contributed by atoms with van der Waals surface area (Å²) in [7, 11) is 0. The van der Waals surface area contributed by atoms with Crippen LogP contribution in [0.2, 0.25) is 0 Å². The molecule has 0 unspecified atom stereocenters. The van der Waals surface area contributed by atoms with Gasteiger partial charge >= 0.3 is 0 Å². The summed E-state index contributed by atoms with van der Waals surface area (Å²) < 4.78 is 19.1. The van der Waals surface area contributed by atoms with E-state index in [-0.39, 0.29) is 5.82 Å². The van der Waals surface area contributed by atoms with Gasteiger partial charge < -0.3 is 4.42 Å². The molecule has 0 spiro atoms. The van der Waals surface area contributed by atoms with Gasteiger partial charge in [-0.15, -0.1) is 0 Å². The quantitative estimate of drug-likeness (QED) is 0.598. The van der Waals surface area contributed by atoms with Gasteiger partial charge in [-0.1, -0.05) is 12.8 Å². The zero-order valence-corrected chi connectivity index (χ0v) is 9.78. The van der Waals surface area contributed by atoms with E-state index in [1.165, 1.54) is 18.4 Å². The third-order valence-electron chi connectivity index (χ3n) is 3.71. The monoisotopic (exact) mass is 245 g/mol. The number of aliphatic imine (C=N–C) groups is 1. The predicted octanol–water partition coefficient (Wildman–Crippen LogP) is 3.68. The van der Waals surface area contributed by atoms with Crippen molar-refractivity contribution in [2.24, 2.45) is 4.99 Å². The molecule has 0 bridgehead atoms. The lowest BCUT2D eigenvalue weighted by atomic mass is 9.88. The summed E-state index contributed by atoms with van der Waals surface area (Å²) in [4.78, 5) is 14.6.